The molecular formula is C17H15FO. The van der Waals surface area contributed by atoms with Gasteiger partial charge in [-0.2, -0.15) is 0 Å². The van der Waals surface area contributed by atoms with Gasteiger partial charge in [0.2, 0.25) is 0 Å². The smallest absolute Gasteiger partial charge is 0.185 e. The van der Waals surface area contributed by atoms with Gasteiger partial charge in [-0.3, -0.25) is 4.79 Å². The van der Waals surface area contributed by atoms with Gasteiger partial charge < -0.3 is 0 Å². The Balaban J connectivity index is 2.09. The normalized spacial score (nSPS) is 10.8. The quantitative estimate of drug-likeness (QED) is 0.587. The summed E-state index contributed by atoms with van der Waals surface area (Å²) in [7, 11) is 0. The molecule has 0 aliphatic heterocycles. The number of ketones is 1. The van der Waals surface area contributed by atoms with Crippen LogP contribution in [0.4, 0.5) is 4.39 Å². The summed E-state index contributed by atoms with van der Waals surface area (Å²) in [5.74, 6) is -0.328. The van der Waals surface area contributed by atoms with Gasteiger partial charge in [0.1, 0.15) is 5.82 Å². The summed E-state index contributed by atoms with van der Waals surface area (Å²) in [5, 5.41) is 0. The van der Waals surface area contributed by atoms with Crippen LogP contribution in [0.2, 0.25) is 0 Å². The van der Waals surface area contributed by atoms with Crippen molar-refractivity contribution in [2.75, 3.05) is 0 Å². The van der Waals surface area contributed by atoms with Crippen molar-refractivity contribution in [2.24, 2.45) is 0 Å². The summed E-state index contributed by atoms with van der Waals surface area (Å²) in [4.78, 5) is 11.9. The van der Waals surface area contributed by atoms with Crippen LogP contribution in [0.15, 0.2) is 54.6 Å². The predicted octanol–water partition coefficient (Wildman–Crippen LogP) is 4.28. The first kappa shape index (κ1) is 13.2. The summed E-state index contributed by atoms with van der Waals surface area (Å²) >= 11 is 0. The maximum Gasteiger partial charge on any atom is 0.185 e. The molecule has 0 aliphatic rings. The molecule has 0 aliphatic carbocycles. The van der Waals surface area contributed by atoms with E-state index in [4.69, 9.17) is 0 Å². The minimum absolute atomic E-state index is 0.0491. The molecule has 2 aromatic carbocycles. The first-order valence-corrected chi connectivity index (χ1v) is 6.26. The average Bonchev–Trinajstić information content (AvgIpc) is 2.46. The van der Waals surface area contributed by atoms with Gasteiger partial charge in [0.15, 0.2) is 5.78 Å². The van der Waals surface area contributed by atoms with Crippen molar-refractivity contribution in [3.05, 3.63) is 77.1 Å². The average molecular weight is 254 g/mol. The Morgan fingerprint density at radius 2 is 1.68 bits per heavy atom. The van der Waals surface area contributed by atoms with E-state index >= 15 is 0 Å². The van der Waals surface area contributed by atoms with Crippen LogP contribution in [0.1, 0.15) is 28.4 Å². The second kappa shape index (κ2) is 6.10. The van der Waals surface area contributed by atoms with Crippen molar-refractivity contribution in [3.63, 3.8) is 0 Å². The Morgan fingerprint density at radius 3 is 2.26 bits per heavy atom. The van der Waals surface area contributed by atoms with Gasteiger partial charge in [0.05, 0.1) is 0 Å². The molecule has 2 rings (SSSR count). The highest BCUT2D eigenvalue weighted by atomic mass is 19.1. The molecule has 0 radical (unpaired) electrons. The Hall–Kier alpha value is -2.22. The second-order valence-corrected chi connectivity index (χ2v) is 4.30. The van der Waals surface area contributed by atoms with Crippen LogP contribution in [0, 0.1) is 5.82 Å². The molecule has 0 bridgehead atoms. The van der Waals surface area contributed by atoms with Crippen LogP contribution in [-0.4, -0.2) is 5.78 Å². The molecule has 0 amide bonds. The van der Waals surface area contributed by atoms with Crippen LogP contribution in [0.25, 0.3) is 6.08 Å². The van der Waals surface area contributed by atoms with Crippen molar-refractivity contribution < 1.29 is 9.18 Å². The molecule has 0 unspecified atom stereocenters. The predicted molar refractivity (Wildman–Crippen MR) is 75.6 cm³/mol. The number of hydrogen-bond donors (Lipinski definition) is 0. The molecule has 2 aromatic rings. The van der Waals surface area contributed by atoms with E-state index in [-0.39, 0.29) is 11.6 Å². The van der Waals surface area contributed by atoms with Crippen LogP contribution in [0.5, 0.6) is 0 Å². The van der Waals surface area contributed by atoms with Crippen LogP contribution in [0.3, 0.4) is 0 Å². The molecule has 0 saturated heterocycles. The monoisotopic (exact) mass is 254 g/mol. The number of allylic oxidation sites excluding steroid dienone is 1. The summed E-state index contributed by atoms with van der Waals surface area (Å²) in [6, 6.07) is 13.6. The summed E-state index contributed by atoms with van der Waals surface area (Å²) < 4.78 is 12.7. The van der Waals surface area contributed by atoms with E-state index in [9.17, 15) is 9.18 Å². The molecule has 1 nitrogen and oxygen atoms in total. The van der Waals surface area contributed by atoms with Gasteiger partial charge in [0.25, 0.3) is 0 Å². The third-order valence-corrected chi connectivity index (χ3v) is 2.94. The van der Waals surface area contributed by atoms with Gasteiger partial charge in [-0.25, -0.2) is 4.39 Å². The van der Waals surface area contributed by atoms with Crippen LogP contribution >= 0.6 is 0 Å². The lowest BCUT2D eigenvalue weighted by atomic mass is 10.1. The molecular weight excluding hydrogens is 239 g/mol. The zero-order chi connectivity index (χ0) is 13.7. The number of aryl methyl sites for hydroxylation is 1. The standard InChI is InChI=1S/C17H15FO/c1-2-13-3-8-15(9-4-13)17(19)12-7-14-5-10-16(18)11-6-14/h3-12H,2H2,1H3. The van der Waals surface area contributed by atoms with Gasteiger partial charge in [0, 0.05) is 5.56 Å². The molecule has 19 heavy (non-hydrogen) atoms. The van der Waals surface area contributed by atoms with E-state index in [0.29, 0.717) is 5.56 Å². The molecule has 0 atom stereocenters. The van der Waals surface area contributed by atoms with Gasteiger partial charge in [-0.1, -0.05) is 49.4 Å². The van der Waals surface area contributed by atoms with Crippen molar-refractivity contribution in [1.29, 1.82) is 0 Å². The Bertz CT molecular complexity index is 580. The highest BCUT2D eigenvalue weighted by Crippen LogP contribution is 2.09. The lowest BCUT2D eigenvalue weighted by molar-refractivity contribution is 0.104. The highest BCUT2D eigenvalue weighted by molar-refractivity contribution is 6.06. The lowest BCUT2D eigenvalue weighted by Crippen LogP contribution is -1.94. The zero-order valence-corrected chi connectivity index (χ0v) is 10.8. The van der Waals surface area contributed by atoms with E-state index in [2.05, 4.69) is 6.92 Å². The van der Waals surface area contributed by atoms with Crippen LogP contribution in [-0.2, 0) is 6.42 Å². The van der Waals surface area contributed by atoms with E-state index in [1.165, 1.54) is 23.8 Å². The van der Waals surface area contributed by atoms with E-state index in [1.807, 2.05) is 24.3 Å². The van der Waals surface area contributed by atoms with Crippen LogP contribution < -0.4 is 0 Å². The third kappa shape index (κ3) is 3.62. The fraction of sp³-hybridized carbons (Fsp3) is 0.118. The molecule has 0 saturated carbocycles. The topological polar surface area (TPSA) is 17.1 Å². The molecule has 0 N–H and O–H groups in total. The third-order valence-electron chi connectivity index (χ3n) is 2.94. The summed E-state index contributed by atoms with van der Waals surface area (Å²) in [5.41, 5.74) is 2.68. The Morgan fingerprint density at radius 1 is 1.05 bits per heavy atom. The molecule has 0 aromatic heterocycles. The number of hydrogen-bond acceptors (Lipinski definition) is 1. The van der Waals surface area contributed by atoms with E-state index in [1.54, 1.807) is 18.2 Å². The van der Waals surface area contributed by atoms with Crippen molar-refractivity contribution in [3.8, 4) is 0 Å². The Labute approximate surface area is 112 Å². The van der Waals surface area contributed by atoms with E-state index < -0.39 is 0 Å². The number of carbonyl (C=O) groups is 1. The number of rotatable bonds is 4. The molecule has 96 valence electrons. The number of carbonyl (C=O) groups excluding carboxylic acids is 1. The second-order valence-electron chi connectivity index (χ2n) is 4.30. The molecule has 0 fully saturated rings. The maximum absolute atomic E-state index is 12.7. The van der Waals surface area contributed by atoms with Crippen molar-refractivity contribution >= 4 is 11.9 Å². The van der Waals surface area contributed by atoms with Gasteiger partial charge in [-0.05, 0) is 35.8 Å². The van der Waals surface area contributed by atoms with E-state index in [0.717, 1.165) is 12.0 Å². The fourth-order valence-corrected chi connectivity index (χ4v) is 1.75. The maximum atomic E-state index is 12.7. The summed E-state index contributed by atoms with van der Waals surface area (Å²) in [6.07, 6.45) is 4.16. The number of benzene rings is 2. The van der Waals surface area contributed by atoms with Crippen molar-refractivity contribution in [1.82, 2.24) is 0 Å². The fourth-order valence-electron chi connectivity index (χ4n) is 1.75. The minimum Gasteiger partial charge on any atom is -0.289 e. The molecule has 2 heteroatoms. The van der Waals surface area contributed by atoms with Gasteiger partial charge >= 0.3 is 0 Å². The first-order chi connectivity index (χ1) is 9.19. The summed E-state index contributed by atoms with van der Waals surface area (Å²) in [6.45, 7) is 2.07. The minimum atomic E-state index is -0.279. The highest BCUT2D eigenvalue weighted by Gasteiger charge is 2.01. The van der Waals surface area contributed by atoms with Gasteiger partial charge in [-0.15, -0.1) is 0 Å². The zero-order valence-electron chi connectivity index (χ0n) is 10.8. The largest absolute Gasteiger partial charge is 0.289 e. The molecule has 0 heterocycles. The number of halogens is 1. The SMILES string of the molecule is CCc1ccc(C(=O)C=Cc2ccc(F)cc2)cc1. The first-order valence-electron chi connectivity index (χ1n) is 6.26. The Kier molecular flexibility index (Phi) is 4.24. The van der Waals surface area contributed by atoms with Crippen molar-refractivity contribution in [2.45, 2.75) is 13.3 Å². The molecule has 0 spiro atoms. The lowest BCUT2D eigenvalue weighted by Gasteiger charge is -1.99.